The molecular weight excluding hydrogens is 282 g/mol. The van der Waals surface area contributed by atoms with E-state index in [4.69, 9.17) is 11.6 Å². The third-order valence-corrected chi connectivity index (χ3v) is 5.15. The molecule has 0 radical (unpaired) electrons. The van der Waals surface area contributed by atoms with Crippen molar-refractivity contribution in [3.05, 3.63) is 16.9 Å². The average molecular weight is 312 g/mol. The molecule has 0 bridgehead atoms. The number of aryl methyl sites for hydroxylation is 1. The van der Waals surface area contributed by atoms with Crippen LogP contribution in [0, 0.1) is 11.3 Å². The molecule has 1 heterocycles. The summed E-state index contributed by atoms with van der Waals surface area (Å²) in [6.45, 7) is 7.79. The first-order chi connectivity index (χ1) is 10.0. The lowest BCUT2D eigenvalue weighted by molar-refractivity contribution is 0.154. The Morgan fingerprint density at radius 2 is 2.05 bits per heavy atom. The second-order valence-corrected chi connectivity index (χ2v) is 7.40. The Balaban J connectivity index is 2.39. The first-order valence-electron chi connectivity index (χ1n) is 8.42. The highest BCUT2D eigenvalue weighted by atomic mass is 35.5. The van der Waals surface area contributed by atoms with Crippen molar-refractivity contribution in [2.45, 2.75) is 71.9 Å². The molecule has 21 heavy (non-hydrogen) atoms. The van der Waals surface area contributed by atoms with Gasteiger partial charge in [0.1, 0.15) is 0 Å². The number of hydrogen-bond donors (Lipinski definition) is 1. The Hall–Kier alpha value is -0.540. The maximum absolute atomic E-state index is 6.51. The van der Waals surface area contributed by atoms with E-state index in [0.717, 1.165) is 18.0 Å². The zero-order chi connectivity index (χ0) is 15.5. The van der Waals surface area contributed by atoms with Crippen molar-refractivity contribution in [2.75, 3.05) is 7.05 Å². The van der Waals surface area contributed by atoms with Gasteiger partial charge >= 0.3 is 0 Å². The molecule has 2 rings (SSSR count). The van der Waals surface area contributed by atoms with E-state index in [0.29, 0.717) is 17.4 Å². The van der Waals surface area contributed by atoms with E-state index in [2.05, 4.69) is 42.9 Å². The van der Waals surface area contributed by atoms with Crippen molar-refractivity contribution in [3.8, 4) is 0 Å². The summed E-state index contributed by atoms with van der Waals surface area (Å²) in [5.74, 6) is 0.709. The van der Waals surface area contributed by atoms with E-state index in [9.17, 15) is 0 Å². The minimum Gasteiger partial charge on any atom is -0.311 e. The molecule has 1 fully saturated rings. The minimum atomic E-state index is 0.309. The molecule has 1 aliphatic rings. The second-order valence-electron chi connectivity index (χ2n) is 6.99. The van der Waals surface area contributed by atoms with Crippen LogP contribution in [0.5, 0.6) is 0 Å². The molecule has 3 nitrogen and oxygen atoms in total. The third-order valence-electron chi connectivity index (χ3n) is 4.86. The van der Waals surface area contributed by atoms with Crippen molar-refractivity contribution < 1.29 is 0 Å². The summed E-state index contributed by atoms with van der Waals surface area (Å²) in [4.78, 5) is 0. The molecule has 0 saturated heterocycles. The van der Waals surface area contributed by atoms with Gasteiger partial charge in [0.05, 0.1) is 23.0 Å². The van der Waals surface area contributed by atoms with Gasteiger partial charge in [0.2, 0.25) is 0 Å². The van der Waals surface area contributed by atoms with Gasteiger partial charge in [-0.1, -0.05) is 45.2 Å². The van der Waals surface area contributed by atoms with E-state index in [1.807, 2.05) is 6.20 Å². The topological polar surface area (TPSA) is 29.9 Å². The van der Waals surface area contributed by atoms with E-state index < -0.39 is 0 Å². The molecule has 0 spiro atoms. The quantitative estimate of drug-likeness (QED) is 0.783. The molecule has 0 aliphatic heterocycles. The molecule has 1 unspecified atom stereocenters. The molecule has 120 valence electrons. The summed E-state index contributed by atoms with van der Waals surface area (Å²) in [6.07, 6.45) is 9.42. The van der Waals surface area contributed by atoms with Crippen molar-refractivity contribution in [1.82, 2.24) is 15.1 Å². The SMILES string of the molecule is CCCn1ncc(Cl)c1C(NC)C1(CC(C)C)CCCC1. The first kappa shape index (κ1) is 16.8. The number of aromatic nitrogens is 2. The van der Waals surface area contributed by atoms with E-state index in [1.54, 1.807) is 0 Å². The monoisotopic (exact) mass is 311 g/mol. The smallest absolute Gasteiger partial charge is 0.0834 e. The first-order valence-corrected chi connectivity index (χ1v) is 8.80. The highest BCUT2D eigenvalue weighted by molar-refractivity contribution is 6.31. The van der Waals surface area contributed by atoms with Crippen LogP contribution >= 0.6 is 11.6 Å². The van der Waals surface area contributed by atoms with Gasteiger partial charge in [-0.25, -0.2) is 0 Å². The fourth-order valence-electron chi connectivity index (χ4n) is 4.28. The zero-order valence-corrected chi connectivity index (χ0v) is 14.7. The van der Waals surface area contributed by atoms with Gasteiger partial charge < -0.3 is 5.32 Å². The van der Waals surface area contributed by atoms with E-state index in [-0.39, 0.29) is 0 Å². The van der Waals surface area contributed by atoms with Crippen molar-refractivity contribution in [3.63, 3.8) is 0 Å². The van der Waals surface area contributed by atoms with Crippen LogP contribution in [0.15, 0.2) is 6.20 Å². The van der Waals surface area contributed by atoms with Crippen LogP contribution in [0.25, 0.3) is 0 Å². The van der Waals surface area contributed by atoms with Gasteiger partial charge in [-0.2, -0.15) is 5.10 Å². The van der Waals surface area contributed by atoms with Gasteiger partial charge in [-0.3, -0.25) is 4.68 Å². The van der Waals surface area contributed by atoms with Gasteiger partial charge in [-0.05, 0) is 44.1 Å². The normalized spacial score (nSPS) is 19.3. The molecule has 1 aromatic rings. The molecule has 0 aromatic carbocycles. The average Bonchev–Trinajstić information content (AvgIpc) is 3.01. The number of nitrogens with one attached hydrogen (secondary N) is 1. The fourth-order valence-corrected chi connectivity index (χ4v) is 4.53. The molecule has 4 heteroatoms. The molecule has 1 N–H and O–H groups in total. The van der Waals surface area contributed by atoms with Crippen LogP contribution in [0.1, 0.15) is 71.0 Å². The van der Waals surface area contributed by atoms with Crippen LogP contribution in [0.3, 0.4) is 0 Å². The summed E-state index contributed by atoms with van der Waals surface area (Å²) in [5.41, 5.74) is 1.53. The Kier molecular flexibility index (Phi) is 5.73. The summed E-state index contributed by atoms with van der Waals surface area (Å²) < 4.78 is 2.11. The Morgan fingerprint density at radius 3 is 2.57 bits per heavy atom. The van der Waals surface area contributed by atoms with Gasteiger partial charge in [-0.15, -0.1) is 0 Å². The largest absolute Gasteiger partial charge is 0.311 e. The van der Waals surface area contributed by atoms with Gasteiger partial charge in [0.25, 0.3) is 0 Å². The van der Waals surface area contributed by atoms with Crippen molar-refractivity contribution >= 4 is 11.6 Å². The maximum Gasteiger partial charge on any atom is 0.0834 e. The van der Waals surface area contributed by atoms with Crippen LogP contribution < -0.4 is 5.32 Å². The Labute approximate surface area is 134 Å². The summed E-state index contributed by atoms with van der Waals surface area (Å²) >= 11 is 6.51. The van der Waals surface area contributed by atoms with Crippen molar-refractivity contribution in [1.29, 1.82) is 0 Å². The molecule has 1 aromatic heterocycles. The summed E-state index contributed by atoms with van der Waals surface area (Å²) in [5, 5.41) is 8.91. The summed E-state index contributed by atoms with van der Waals surface area (Å²) in [6, 6.07) is 0.309. The zero-order valence-electron chi connectivity index (χ0n) is 14.0. The van der Waals surface area contributed by atoms with Gasteiger partial charge in [0, 0.05) is 6.54 Å². The summed E-state index contributed by atoms with van der Waals surface area (Å²) in [7, 11) is 2.07. The minimum absolute atomic E-state index is 0.309. The highest BCUT2D eigenvalue weighted by Crippen LogP contribution is 2.52. The lowest BCUT2D eigenvalue weighted by Crippen LogP contribution is -2.37. The molecular formula is C17H30ClN3. The fraction of sp³-hybridized carbons (Fsp3) is 0.824. The Morgan fingerprint density at radius 1 is 1.38 bits per heavy atom. The third kappa shape index (κ3) is 3.45. The molecule has 1 atom stereocenters. The predicted octanol–water partition coefficient (Wildman–Crippen LogP) is 4.81. The van der Waals surface area contributed by atoms with Crippen LogP contribution in [-0.2, 0) is 6.54 Å². The molecule has 1 aliphatic carbocycles. The van der Waals surface area contributed by atoms with E-state index >= 15 is 0 Å². The number of rotatable bonds is 7. The van der Waals surface area contributed by atoms with Crippen LogP contribution in [0.4, 0.5) is 0 Å². The number of halogens is 1. The standard InChI is InChI=1S/C17H30ClN3/c1-5-10-21-15(14(18)12-20-21)16(19-4)17(11-13(2)3)8-6-7-9-17/h12-13,16,19H,5-11H2,1-4H3. The number of nitrogens with zero attached hydrogens (tertiary/aromatic N) is 2. The predicted molar refractivity (Wildman–Crippen MR) is 89.7 cm³/mol. The van der Waals surface area contributed by atoms with E-state index in [1.165, 1.54) is 37.8 Å². The maximum atomic E-state index is 6.51. The van der Waals surface area contributed by atoms with Crippen molar-refractivity contribution in [2.24, 2.45) is 11.3 Å². The van der Waals surface area contributed by atoms with Crippen LogP contribution in [-0.4, -0.2) is 16.8 Å². The second kappa shape index (κ2) is 7.15. The van der Waals surface area contributed by atoms with Gasteiger partial charge in [0.15, 0.2) is 0 Å². The molecule has 1 saturated carbocycles. The highest BCUT2D eigenvalue weighted by Gasteiger charge is 2.43. The molecule has 0 amide bonds. The lowest BCUT2D eigenvalue weighted by atomic mass is 9.71. The van der Waals surface area contributed by atoms with Crippen LogP contribution in [0.2, 0.25) is 5.02 Å². The Bertz CT molecular complexity index is 447. The lowest BCUT2D eigenvalue weighted by Gasteiger charge is -2.39. The number of hydrogen-bond acceptors (Lipinski definition) is 2.